The van der Waals surface area contributed by atoms with Crippen LogP contribution in [-0.4, -0.2) is 47.1 Å². The van der Waals surface area contributed by atoms with Gasteiger partial charge in [0.05, 0.1) is 0 Å². The third kappa shape index (κ3) is 2.25. The summed E-state index contributed by atoms with van der Waals surface area (Å²) in [6.45, 7) is 7.62. The number of hydrogen-bond donors (Lipinski definition) is 1. The summed E-state index contributed by atoms with van der Waals surface area (Å²) in [4.78, 5) is 5.10. The monoisotopic (exact) mass is 246 g/mol. The molecule has 2 saturated heterocycles. The van der Waals surface area contributed by atoms with Crippen molar-refractivity contribution in [1.29, 1.82) is 0 Å². The second kappa shape index (κ2) is 4.90. The first kappa shape index (κ1) is 12.0. The van der Waals surface area contributed by atoms with Gasteiger partial charge < -0.3 is 5.11 Å². The molecule has 1 atom stereocenters. The molecule has 0 radical (unpaired) electrons. The molecule has 0 spiro atoms. The van der Waals surface area contributed by atoms with E-state index in [-0.39, 0.29) is 0 Å². The van der Waals surface area contributed by atoms with Crippen molar-refractivity contribution in [2.24, 2.45) is 0 Å². The lowest BCUT2D eigenvalue weighted by Crippen LogP contribution is -2.49. The Hall–Kier alpha value is -1.06. The van der Waals surface area contributed by atoms with E-state index in [0.717, 1.165) is 36.8 Å². The van der Waals surface area contributed by atoms with Gasteiger partial charge in [0, 0.05) is 37.8 Å². The molecule has 3 heteroatoms. The summed E-state index contributed by atoms with van der Waals surface area (Å²) in [6, 6.07) is 6.80. The summed E-state index contributed by atoms with van der Waals surface area (Å²) in [5, 5.41) is 10.1. The molecular formula is C15H22N2O. The lowest BCUT2D eigenvalue weighted by atomic mass is 10.1. The molecular weight excluding hydrogens is 224 g/mol. The van der Waals surface area contributed by atoms with Crippen LogP contribution in [0, 0.1) is 6.92 Å². The summed E-state index contributed by atoms with van der Waals surface area (Å²) in [5.74, 6) is 0.478. The first-order valence-corrected chi connectivity index (χ1v) is 6.98. The Balaban J connectivity index is 1.68. The molecule has 3 rings (SSSR count). The van der Waals surface area contributed by atoms with E-state index < -0.39 is 0 Å². The minimum atomic E-state index is 0.478. The molecule has 98 valence electrons. The molecule has 3 nitrogen and oxygen atoms in total. The number of nitrogens with zero attached hydrogens (tertiary/aromatic N) is 2. The van der Waals surface area contributed by atoms with Crippen molar-refractivity contribution in [3.63, 3.8) is 0 Å². The molecule has 1 N–H and O–H groups in total. The molecule has 0 amide bonds. The Morgan fingerprint density at radius 3 is 3.06 bits per heavy atom. The van der Waals surface area contributed by atoms with E-state index in [1.54, 1.807) is 0 Å². The molecule has 1 aromatic carbocycles. The first-order chi connectivity index (χ1) is 8.74. The zero-order valence-corrected chi connectivity index (χ0v) is 11.1. The summed E-state index contributed by atoms with van der Waals surface area (Å²) in [7, 11) is 0. The molecule has 2 aliphatic heterocycles. The maximum Gasteiger partial charge on any atom is 0.122 e. The maximum atomic E-state index is 10.1. The van der Waals surface area contributed by atoms with E-state index in [0.29, 0.717) is 5.75 Å². The molecule has 0 aromatic heterocycles. The number of hydrogen-bond acceptors (Lipinski definition) is 3. The molecule has 0 saturated carbocycles. The van der Waals surface area contributed by atoms with Crippen LogP contribution in [-0.2, 0) is 6.54 Å². The largest absolute Gasteiger partial charge is 0.507 e. The lowest BCUT2D eigenvalue weighted by Gasteiger charge is -2.37. The van der Waals surface area contributed by atoms with Crippen LogP contribution < -0.4 is 0 Å². The number of rotatable bonds is 2. The molecule has 1 unspecified atom stereocenters. The van der Waals surface area contributed by atoms with Crippen LogP contribution in [0.2, 0.25) is 0 Å². The highest BCUT2D eigenvalue weighted by Crippen LogP contribution is 2.26. The Kier molecular flexibility index (Phi) is 3.27. The minimum absolute atomic E-state index is 0.478. The maximum absolute atomic E-state index is 10.1. The van der Waals surface area contributed by atoms with Gasteiger partial charge in [0.25, 0.3) is 0 Å². The zero-order chi connectivity index (χ0) is 12.5. The predicted octanol–water partition coefficient (Wildman–Crippen LogP) is 1.98. The van der Waals surface area contributed by atoms with Gasteiger partial charge in [-0.3, -0.25) is 9.80 Å². The van der Waals surface area contributed by atoms with Gasteiger partial charge in [0.1, 0.15) is 5.75 Å². The molecule has 2 aliphatic rings. The molecule has 2 heterocycles. The number of benzene rings is 1. The van der Waals surface area contributed by atoms with Crippen LogP contribution >= 0.6 is 0 Å². The number of piperazine rings is 1. The lowest BCUT2D eigenvalue weighted by molar-refractivity contribution is 0.0987. The van der Waals surface area contributed by atoms with Crippen molar-refractivity contribution < 1.29 is 5.11 Å². The normalized spacial score (nSPS) is 25.3. The molecule has 18 heavy (non-hydrogen) atoms. The standard InChI is InChI=1S/C15H22N2O/c1-12-4-2-5-13(15(12)18)10-16-8-9-17-7-3-6-14(17)11-16/h2,4-5,14,18H,3,6-11H2,1H3. The highest BCUT2D eigenvalue weighted by Gasteiger charge is 2.30. The van der Waals surface area contributed by atoms with Crippen molar-refractivity contribution in [3.8, 4) is 5.75 Å². The fourth-order valence-corrected chi connectivity index (χ4v) is 3.29. The minimum Gasteiger partial charge on any atom is -0.507 e. The number of fused-ring (bicyclic) bond motifs is 1. The summed E-state index contributed by atoms with van der Waals surface area (Å²) >= 11 is 0. The van der Waals surface area contributed by atoms with E-state index in [4.69, 9.17) is 0 Å². The van der Waals surface area contributed by atoms with E-state index in [2.05, 4.69) is 9.80 Å². The van der Waals surface area contributed by atoms with Crippen molar-refractivity contribution in [2.45, 2.75) is 32.4 Å². The summed E-state index contributed by atoms with van der Waals surface area (Å²) in [5.41, 5.74) is 2.05. The third-order valence-corrected chi connectivity index (χ3v) is 4.39. The van der Waals surface area contributed by atoms with Gasteiger partial charge in [0.15, 0.2) is 0 Å². The van der Waals surface area contributed by atoms with Gasteiger partial charge in [0.2, 0.25) is 0 Å². The van der Waals surface area contributed by atoms with Crippen molar-refractivity contribution >= 4 is 0 Å². The van der Waals surface area contributed by atoms with Crippen LogP contribution in [0.4, 0.5) is 0 Å². The Labute approximate surface area is 109 Å². The topological polar surface area (TPSA) is 26.7 Å². The SMILES string of the molecule is Cc1cccc(CN2CCN3CCCC3C2)c1O. The van der Waals surface area contributed by atoms with E-state index in [9.17, 15) is 5.11 Å². The molecule has 0 bridgehead atoms. The average molecular weight is 246 g/mol. The van der Waals surface area contributed by atoms with Gasteiger partial charge in [-0.25, -0.2) is 0 Å². The second-order valence-corrected chi connectivity index (χ2v) is 5.65. The fraction of sp³-hybridized carbons (Fsp3) is 0.600. The van der Waals surface area contributed by atoms with Gasteiger partial charge >= 0.3 is 0 Å². The van der Waals surface area contributed by atoms with E-state index >= 15 is 0 Å². The highest BCUT2D eigenvalue weighted by molar-refractivity contribution is 5.39. The fourth-order valence-electron chi connectivity index (χ4n) is 3.29. The van der Waals surface area contributed by atoms with Crippen LogP contribution in [0.25, 0.3) is 0 Å². The number of aryl methyl sites for hydroxylation is 1. The quantitative estimate of drug-likeness (QED) is 0.864. The first-order valence-electron chi connectivity index (χ1n) is 6.98. The van der Waals surface area contributed by atoms with Crippen LogP contribution in [0.15, 0.2) is 18.2 Å². The zero-order valence-electron chi connectivity index (χ0n) is 11.1. The van der Waals surface area contributed by atoms with Gasteiger partial charge in [-0.1, -0.05) is 18.2 Å². The van der Waals surface area contributed by atoms with Gasteiger partial charge in [-0.05, 0) is 31.9 Å². The van der Waals surface area contributed by atoms with Crippen molar-refractivity contribution in [2.75, 3.05) is 26.2 Å². The Bertz CT molecular complexity index is 433. The second-order valence-electron chi connectivity index (χ2n) is 5.65. The number of phenolic OH excluding ortho intramolecular Hbond substituents is 1. The Morgan fingerprint density at radius 1 is 1.28 bits per heavy atom. The predicted molar refractivity (Wildman–Crippen MR) is 72.7 cm³/mol. The van der Waals surface area contributed by atoms with Crippen molar-refractivity contribution in [3.05, 3.63) is 29.3 Å². The third-order valence-electron chi connectivity index (χ3n) is 4.39. The summed E-state index contributed by atoms with van der Waals surface area (Å²) < 4.78 is 0. The van der Waals surface area contributed by atoms with Gasteiger partial charge in [-0.15, -0.1) is 0 Å². The van der Waals surface area contributed by atoms with E-state index in [1.165, 1.54) is 25.9 Å². The van der Waals surface area contributed by atoms with E-state index in [1.807, 2.05) is 25.1 Å². The molecule has 0 aliphatic carbocycles. The highest BCUT2D eigenvalue weighted by atomic mass is 16.3. The number of phenols is 1. The summed E-state index contributed by atoms with van der Waals surface area (Å²) in [6.07, 6.45) is 2.70. The smallest absolute Gasteiger partial charge is 0.122 e. The molecule has 1 aromatic rings. The Morgan fingerprint density at radius 2 is 2.17 bits per heavy atom. The average Bonchev–Trinajstić information content (AvgIpc) is 2.82. The van der Waals surface area contributed by atoms with Crippen LogP contribution in [0.5, 0.6) is 5.75 Å². The molecule has 2 fully saturated rings. The number of aromatic hydroxyl groups is 1. The van der Waals surface area contributed by atoms with Gasteiger partial charge in [-0.2, -0.15) is 0 Å². The number of para-hydroxylation sites is 1. The van der Waals surface area contributed by atoms with Crippen LogP contribution in [0.3, 0.4) is 0 Å². The van der Waals surface area contributed by atoms with Crippen molar-refractivity contribution in [1.82, 2.24) is 9.80 Å². The van der Waals surface area contributed by atoms with Crippen LogP contribution in [0.1, 0.15) is 24.0 Å².